The third-order valence-corrected chi connectivity index (χ3v) is 7.75. The summed E-state index contributed by atoms with van der Waals surface area (Å²) < 4.78 is 7.93. The molecule has 0 atom stereocenters. The lowest BCUT2D eigenvalue weighted by molar-refractivity contribution is -0.134. The van der Waals surface area contributed by atoms with Crippen LogP contribution in [-0.2, 0) is 20.9 Å². The number of halogens is 1. The normalized spacial score (nSPS) is 19.9. The van der Waals surface area contributed by atoms with E-state index < -0.39 is 5.60 Å². The standard InChI is InChI=1S/C28H34ClN3O4/c1-5-23(34)31-13-18(14-31)11-21(33)15-32-25-17(2)10-20(29)12-22(25)24(26(32)19-6-7-19)27(35)30-8-9-36-28(3,4)16-30/h5,10,12,18-19H,1,6-9,11,13-16H2,2-4H3. The number of nitrogens with zero attached hydrogens (tertiary/aromatic N) is 3. The first-order valence-electron chi connectivity index (χ1n) is 12.8. The molecule has 8 heteroatoms. The zero-order valence-corrected chi connectivity index (χ0v) is 22.1. The zero-order chi connectivity index (χ0) is 25.8. The third-order valence-electron chi connectivity index (χ3n) is 7.54. The second-order valence-electron chi connectivity index (χ2n) is 11.1. The molecule has 0 bridgehead atoms. The van der Waals surface area contributed by atoms with Crippen molar-refractivity contribution in [2.45, 2.75) is 58.1 Å². The summed E-state index contributed by atoms with van der Waals surface area (Å²) in [7, 11) is 0. The number of fused-ring (bicyclic) bond motifs is 1. The van der Waals surface area contributed by atoms with Crippen LogP contribution in [0.25, 0.3) is 10.9 Å². The molecule has 0 radical (unpaired) electrons. The molecular weight excluding hydrogens is 478 g/mol. The molecule has 2 saturated heterocycles. The Morgan fingerprint density at radius 3 is 2.56 bits per heavy atom. The van der Waals surface area contributed by atoms with Crippen molar-refractivity contribution in [1.82, 2.24) is 14.4 Å². The highest BCUT2D eigenvalue weighted by Gasteiger charge is 2.39. The van der Waals surface area contributed by atoms with E-state index in [2.05, 4.69) is 11.1 Å². The third kappa shape index (κ3) is 4.71. The number of carbonyl (C=O) groups excluding carboxylic acids is 3. The summed E-state index contributed by atoms with van der Waals surface area (Å²) in [6, 6.07) is 3.78. The fraction of sp³-hybridized carbons (Fsp3) is 0.536. The molecule has 192 valence electrons. The van der Waals surface area contributed by atoms with Crippen molar-refractivity contribution < 1.29 is 19.1 Å². The molecule has 2 amide bonds. The van der Waals surface area contributed by atoms with Crippen LogP contribution in [0.2, 0.25) is 5.02 Å². The lowest BCUT2D eigenvalue weighted by Crippen LogP contribution is -2.50. The molecule has 0 N–H and O–H groups in total. The van der Waals surface area contributed by atoms with Gasteiger partial charge in [-0.2, -0.15) is 0 Å². The number of carbonyl (C=O) groups is 3. The molecule has 1 aromatic heterocycles. The number of ether oxygens (including phenoxy) is 1. The van der Waals surface area contributed by atoms with Crippen LogP contribution in [0.5, 0.6) is 0 Å². The van der Waals surface area contributed by atoms with E-state index in [1.807, 2.05) is 37.8 Å². The Morgan fingerprint density at radius 1 is 1.19 bits per heavy atom. The summed E-state index contributed by atoms with van der Waals surface area (Å²) in [5.41, 5.74) is 3.13. The summed E-state index contributed by atoms with van der Waals surface area (Å²) >= 11 is 6.48. The van der Waals surface area contributed by atoms with E-state index in [0.717, 1.165) is 35.0 Å². The monoisotopic (exact) mass is 511 g/mol. The highest BCUT2D eigenvalue weighted by molar-refractivity contribution is 6.31. The van der Waals surface area contributed by atoms with Crippen LogP contribution < -0.4 is 0 Å². The topological polar surface area (TPSA) is 71.9 Å². The number of amides is 2. The van der Waals surface area contributed by atoms with Crippen LogP contribution in [0.3, 0.4) is 0 Å². The predicted molar refractivity (Wildman–Crippen MR) is 139 cm³/mol. The smallest absolute Gasteiger partial charge is 0.256 e. The van der Waals surface area contributed by atoms with Gasteiger partial charge >= 0.3 is 0 Å². The van der Waals surface area contributed by atoms with Crippen LogP contribution in [-0.4, -0.2) is 70.4 Å². The van der Waals surface area contributed by atoms with Gasteiger partial charge in [-0.3, -0.25) is 14.4 Å². The summed E-state index contributed by atoms with van der Waals surface area (Å²) in [4.78, 5) is 42.6. The number of hydrogen-bond donors (Lipinski definition) is 0. The predicted octanol–water partition coefficient (Wildman–Crippen LogP) is 4.34. The van der Waals surface area contributed by atoms with Crippen LogP contribution in [0.1, 0.15) is 60.6 Å². The SMILES string of the molecule is C=CC(=O)N1CC(CC(=O)Cn2c(C3CC3)c(C(=O)N3CCOC(C)(C)C3)c3cc(Cl)cc(C)c32)C1. The number of ketones is 1. The van der Waals surface area contributed by atoms with Gasteiger partial charge in [-0.05, 0) is 57.4 Å². The van der Waals surface area contributed by atoms with Gasteiger partial charge in [-0.25, -0.2) is 0 Å². The molecule has 36 heavy (non-hydrogen) atoms. The molecule has 1 aromatic carbocycles. The molecule has 5 rings (SSSR count). The molecule has 2 aromatic rings. The summed E-state index contributed by atoms with van der Waals surface area (Å²) in [5.74, 6) is 0.447. The minimum atomic E-state index is -0.404. The van der Waals surface area contributed by atoms with Crippen molar-refractivity contribution in [3.8, 4) is 0 Å². The molecular formula is C28H34ClN3O4. The van der Waals surface area contributed by atoms with Gasteiger partial charge < -0.3 is 19.1 Å². The number of Topliss-reactive ketones (excluding diaryl/α,β-unsaturated/α-hetero) is 1. The Balaban J connectivity index is 1.49. The molecule has 3 fully saturated rings. The van der Waals surface area contributed by atoms with Gasteiger partial charge in [0.15, 0.2) is 5.78 Å². The molecule has 0 unspecified atom stereocenters. The van der Waals surface area contributed by atoms with E-state index in [9.17, 15) is 14.4 Å². The summed E-state index contributed by atoms with van der Waals surface area (Å²) in [6.07, 6.45) is 3.74. The Kier molecular flexibility index (Phi) is 6.50. The van der Waals surface area contributed by atoms with Gasteiger partial charge in [0, 0.05) is 60.5 Å². The van der Waals surface area contributed by atoms with Crippen LogP contribution in [0.15, 0.2) is 24.8 Å². The van der Waals surface area contributed by atoms with Gasteiger partial charge in [-0.1, -0.05) is 18.2 Å². The quantitative estimate of drug-likeness (QED) is 0.518. The van der Waals surface area contributed by atoms with Crippen molar-refractivity contribution in [2.75, 3.05) is 32.8 Å². The van der Waals surface area contributed by atoms with Crippen LogP contribution in [0, 0.1) is 12.8 Å². The number of hydrogen-bond acceptors (Lipinski definition) is 4. The number of aromatic nitrogens is 1. The Labute approximate surface area is 217 Å². The molecule has 2 aliphatic heterocycles. The van der Waals surface area contributed by atoms with Crippen molar-refractivity contribution in [3.05, 3.63) is 46.6 Å². The first-order valence-corrected chi connectivity index (χ1v) is 13.1. The molecule has 1 saturated carbocycles. The summed E-state index contributed by atoms with van der Waals surface area (Å²) in [5, 5.41) is 1.42. The van der Waals surface area contributed by atoms with E-state index in [4.69, 9.17) is 16.3 Å². The minimum absolute atomic E-state index is 0.0105. The van der Waals surface area contributed by atoms with Crippen molar-refractivity contribution in [3.63, 3.8) is 0 Å². The van der Waals surface area contributed by atoms with E-state index >= 15 is 0 Å². The number of aryl methyl sites for hydroxylation is 1. The van der Waals surface area contributed by atoms with Crippen molar-refractivity contribution in [2.24, 2.45) is 5.92 Å². The van der Waals surface area contributed by atoms with Crippen molar-refractivity contribution >= 4 is 40.1 Å². The van der Waals surface area contributed by atoms with E-state index in [-0.39, 0.29) is 36.0 Å². The molecule has 7 nitrogen and oxygen atoms in total. The minimum Gasteiger partial charge on any atom is -0.372 e. The number of morpholine rings is 1. The maximum absolute atomic E-state index is 14.0. The molecule has 3 aliphatic rings. The van der Waals surface area contributed by atoms with Crippen molar-refractivity contribution in [1.29, 1.82) is 0 Å². The van der Waals surface area contributed by atoms with E-state index in [0.29, 0.717) is 49.8 Å². The van der Waals surface area contributed by atoms with Crippen LogP contribution in [0.4, 0.5) is 0 Å². The molecule has 0 spiro atoms. The van der Waals surface area contributed by atoms with Gasteiger partial charge in [0.2, 0.25) is 5.91 Å². The average Bonchev–Trinajstić information content (AvgIpc) is 3.57. The Hall–Kier alpha value is -2.64. The highest BCUT2D eigenvalue weighted by atomic mass is 35.5. The molecule has 1 aliphatic carbocycles. The lowest BCUT2D eigenvalue weighted by Gasteiger charge is -2.38. The molecule has 3 heterocycles. The zero-order valence-electron chi connectivity index (χ0n) is 21.3. The Morgan fingerprint density at radius 2 is 1.92 bits per heavy atom. The lowest BCUT2D eigenvalue weighted by atomic mass is 9.94. The fourth-order valence-corrected chi connectivity index (χ4v) is 6.04. The van der Waals surface area contributed by atoms with E-state index in [1.165, 1.54) is 6.08 Å². The summed E-state index contributed by atoms with van der Waals surface area (Å²) in [6.45, 7) is 12.5. The fourth-order valence-electron chi connectivity index (χ4n) is 5.77. The Bertz CT molecular complexity index is 1250. The van der Waals surface area contributed by atoms with Crippen LogP contribution >= 0.6 is 11.6 Å². The second-order valence-corrected chi connectivity index (χ2v) is 11.6. The van der Waals surface area contributed by atoms with Gasteiger partial charge in [0.05, 0.1) is 29.8 Å². The van der Waals surface area contributed by atoms with E-state index in [1.54, 1.807) is 4.90 Å². The highest BCUT2D eigenvalue weighted by Crippen LogP contribution is 2.46. The largest absolute Gasteiger partial charge is 0.372 e. The van der Waals surface area contributed by atoms with Gasteiger partial charge in [0.25, 0.3) is 5.91 Å². The number of rotatable bonds is 7. The second kappa shape index (κ2) is 9.34. The maximum Gasteiger partial charge on any atom is 0.256 e. The average molecular weight is 512 g/mol. The maximum atomic E-state index is 14.0. The first kappa shape index (κ1) is 25.0. The number of likely N-dealkylation sites (tertiary alicyclic amines) is 1. The van der Waals surface area contributed by atoms with Gasteiger partial charge in [0.1, 0.15) is 0 Å². The first-order chi connectivity index (χ1) is 17.1. The van der Waals surface area contributed by atoms with Gasteiger partial charge in [-0.15, -0.1) is 0 Å². The number of benzene rings is 1.